The number of amides is 1. The number of likely N-dealkylation sites (N-methyl/N-ethyl adjacent to an activating group) is 1. The first-order valence-corrected chi connectivity index (χ1v) is 11.4. The van der Waals surface area contributed by atoms with Crippen molar-refractivity contribution in [2.24, 2.45) is 0 Å². The summed E-state index contributed by atoms with van der Waals surface area (Å²) in [6, 6.07) is 12.9. The van der Waals surface area contributed by atoms with Crippen molar-refractivity contribution in [3.63, 3.8) is 0 Å². The summed E-state index contributed by atoms with van der Waals surface area (Å²) in [5.74, 6) is -0.348. The van der Waals surface area contributed by atoms with E-state index in [1.807, 2.05) is 29.3 Å². The van der Waals surface area contributed by atoms with Gasteiger partial charge < -0.3 is 14.8 Å². The summed E-state index contributed by atoms with van der Waals surface area (Å²) in [5, 5.41) is 12.8. The molecule has 2 aromatic carbocycles. The van der Waals surface area contributed by atoms with Crippen LogP contribution in [-0.4, -0.2) is 58.3 Å². The van der Waals surface area contributed by atoms with E-state index < -0.39 is 5.92 Å². The van der Waals surface area contributed by atoms with Gasteiger partial charge >= 0.3 is 0 Å². The molecular formula is C25H30N4O3. The Morgan fingerprint density at radius 1 is 1.06 bits per heavy atom. The van der Waals surface area contributed by atoms with E-state index in [4.69, 9.17) is 0 Å². The number of aromatic nitrogens is 1. The zero-order chi connectivity index (χ0) is 22.7. The molecule has 4 rings (SSSR count). The van der Waals surface area contributed by atoms with Crippen molar-refractivity contribution in [1.82, 2.24) is 14.8 Å². The van der Waals surface area contributed by atoms with E-state index in [1.54, 1.807) is 12.1 Å². The van der Waals surface area contributed by atoms with Crippen LogP contribution in [-0.2, 0) is 11.2 Å². The van der Waals surface area contributed by atoms with Crippen LogP contribution in [0.3, 0.4) is 0 Å². The molecule has 0 unspecified atom stereocenters. The monoisotopic (exact) mass is 434 g/mol. The van der Waals surface area contributed by atoms with E-state index in [2.05, 4.69) is 29.8 Å². The number of carbonyl (C=O) groups is 1. The van der Waals surface area contributed by atoms with Gasteiger partial charge in [0.1, 0.15) is 0 Å². The summed E-state index contributed by atoms with van der Waals surface area (Å²) in [7, 11) is 0. The van der Waals surface area contributed by atoms with Gasteiger partial charge in [-0.15, -0.1) is 0 Å². The number of hydrogen-bond acceptors (Lipinski definition) is 4. The molecule has 1 fully saturated rings. The molecule has 2 heterocycles. The Bertz CT molecular complexity index is 1120. The van der Waals surface area contributed by atoms with Crippen molar-refractivity contribution in [2.45, 2.75) is 32.6 Å². The first-order chi connectivity index (χ1) is 15.5. The van der Waals surface area contributed by atoms with Gasteiger partial charge in [0, 0.05) is 67.2 Å². The molecule has 0 aliphatic carbocycles. The summed E-state index contributed by atoms with van der Waals surface area (Å²) in [6.07, 6.45) is 3.02. The van der Waals surface area contributed by atoms with E-state index in [-0.39, 0.29) is 22.9 Å². The molecule has 0 radical (unpaired) electrons. The molecule has 0 bridgehead atoms. The van der Waals surface area contributed by atoms with Crippen LogP contribution < -0.4 is 0 Å². The number of rotatable bonds is 7. The number of aryl methyl sites for hydroxylation is 1. The van der Waals surface area contributed by atoms with Crippen molar-refractivity contribution < 1.29 is 9.72 Å². The maximum Gasteiger partial charge on any atom is 0.273 e. The molecule has 1 aromatic heterocycles. The molecule has 7 nitrogen and oxygen atoms in total. The number of nitrogens with zero attached hydrogens (tertiary/aromatic N) is 3. The van der Waals surface area contributed by atoms with Gasteiger partial charge in [0.05, 0.1) is 4.92 Å². The van der Waals surface area contributed by atoms with Crippen LogP contribution in [0.2, 0.25) is 0 Å². The number of aromatic amines is 1. The SMILES string of the molecule is CCc1cccc2c([C@H](CC(=O)N3CCN(CC)CC3)c3ccccc3[N+](=O)[O-])c[nH]c12. The van der Waals surface area contributed by atoms with Gasteiger partial charge in [0.2, 0.25) is 5.91 Å². The number of benzene rings is 2. The molecule has 3 aromatic rings. The Labute approximate surface area is 188 Å². The summed E-state index contributed by atoms with van der Waals surface area (Å²) in [4.78, 5) is 32.4. The van der Waals surface area contributed by atoms with Crippen LogP contribution >= 0.6 is 0 Å². The summed E-state index contributed by atoms with van der Waals surface area (Å²) < 4.78 is 0. The minimum absolute atomic E-state index is 0.0462. The van der Waals surface area contributed by atoms with E-state index in [1.165, 1.54) is 11.6 Å². The Kier molecular flexibility index (Phi) is 6.55. The van der Waals surface area contributed by atoms with Crippen LogP contribution in [0.1, 0.15) is 42.9 Å². The highest BCUT2D eigenvalue weighted by atomic mass is 16.6. The molecule has 168 valence electrons. The molecule has 1 saturated heterocycles. The Hall–Kier alpha value is -3.19. The average Bonchev–Trinajstić information content (AvgIpc) is 3.26. The number of H-pyrrole nitrogens is 1. The largest absolute Gasteiger partial charge is 0.361 e. The zero-order valence-electron chi connectivity index (χ0n) is 18.7. The molecule has 1 aliphatic rings. The molecule has 1 atom stereocenters. The molecule has 1 amide bonds. The highest BCUT2D eigenvalue weighted by Crippen LogP contribution is 2.38. The second kappa shape index (κ2) is 9.53. The first kappa shape index (κ1) is 22.0. The Balaban J connectivity index is 1.74. The predicted molar refractivity (Wildman–Crippen MR) is 126 cm³/mol. The summed E-state index contributed by atoms with van der Waals surface area (Å²) in [5.41, 5.74) is 3.81. The van der Waals surface area contributed by atoms with Gasteiger partial charge in [-0.05, 0) is 24.1 Å². The molecule has 32 heavy (non-hydrogen) atoms. The average molecular weight is 435 g/mol. The van der Waals surface area contributed by atoms with Gasteiger partial charge in [-0.25, -0.2) is 0 Å². The van der Waals surface area contributed by atoms with Crippen molar-refractivity contribution in [2.75, 3.05) is 32.7 Å². The molecule has 0 saturated carbocycles. The topological polar surface area (TPSA) is 82.5 Å². The minimum Gasteiger partial charge on any atom is -0.361 e. The highest BCUT2D eigenvalue weighted by Gasteiger charge is 2.30. The van der Waals surface area contributed by atoms with Crippen LogP contribution in [0.15, 0.2) is 48.7 Å². The van der Waals surface area contributed by atoms with Crippen LogP contribution in [0.25, 0.3) is 10.9 Å². The van der Waals surface area contributed by atoms with Crippen molar-refractivity contribution in [3.8, 4) is 0 Å². The van der Waals surface area contributed by atoms with E-state index in [9.17, 15) is 14.9 Å². The van der Waals surface area contributed by atoms with E-state index in [0.717, 1.165) is 42.5 Å². The third kappa shape index (κ3) is 4.25. The fourth-order valence-corrected chi connectivity index (χ4v) is 4.77. The van der Waals surface area contributed by atoms with Crippen LogP contribution in [0.4, 0.5) is 5.69 Å². The number of nitro benzene ring substituents is 1. The number of piperazine rings is 1. The number of fused-ring (bicyclic) bond motifs is 1. The lowest BCUT2D eigenvalue weighted by Crippen LogP contribution is -2.48. The smallest absolute Gasteiger partial charge is 0.273 e. The van der Waals surface area contributed by atoms with Gasteiger partial charge in [-0.3, -0.25) is 14.9 Å². The standard InChI is InChI=1S/C25H30N4O3/c1-3-18-8-7-10-20-22(17-26-25(18)20)21(19-9-5-6-11-23(19)29(31)32)16-24(30)28-14-12-27(4-2)13-15-28/h5-11,17,21,26H,3-4,12-16H2,1-2H3/t21-/m1/s1. The van der Waals surface area contributed by atoms with Gasteiger partial charge in [-0.2, -0.15) is 0 Å². The second-order valence-corrected chi connectivity index (χ2v) is 8.32. The van der Waals surface area contributed by atoms with Gasteiger partial charge in [0.15, 0.2) is 0 Å². The molecule has 7 heteroatoms. The van der Waals surface area contributed by atoms with Gasteiger partial charge in [-0.1, -0.05) is 50.2 Å². The third-order valence-corrected chi connectivity index (χ3v) is 6.65. The second-order valence-electron chi connectivity index (χ2n) is 8.32. The van der Waals surface area contributed by atoms with Crippen LogP contribution in [0.5, 0.6) is 0 Å². The minimum atomic E-state index is -0.394. The highest BCUT2D eigenvalue weighted by molar-refractivity contribution is 5.88. The fourth-order valence-electron chi connectivity index (χ4n) is 4.77. The maximum atomic E-state index is 13.3. The molecule has 0 spiro atoms. The lowest BCUT2D eigenvalue weighted by Gasteiger charge is -2.34. The predicted octanol–water partition coefficient (Wildman–Crippen LogP) is 4.32. The Morgan fingerprint density at radius 2 is 1.81 bits per heavy atom. The summed E-state index contributed by atoms with van der Waals surface area (Å²) >= 11 is 0. The van der Waals surface area contributed by atoms with Crippen molar-refractivity contribution in [1.29, 1.82) is 0 Å². The van der Waals surface area contributed by atoms with Gasteiger partial charge in [0.25, 0.3) is 5.69 Å². The first-order valence-electron chi connectivity index (χ1n) is 11.4. The number of hydrogen-bond donors (Lipinski definition) is 1. The zero-order valence-corrected chi connectivity index (χ0v) is 18.7. The quantitative estimate of drug-likeness (QED) is 0.443. The normalized spacial score (nSPS) is 15.8. The number of nitrogens with one attached hydrogen (secondary N) is 1. The lowest BCUT2D eigenvalue weighted by molar-refractivity contribution is -0.385. The summed E-state index contributed by atoms with van der Waals surface area (Å²) in [6.45, 7) is 8.35. The molecular weight excluding hydrogens is 404 g/mol. The van der Waals surface area contributed by atoms with Crippen molar-refractivity contribution in [3.05, 3.63) is 75.5 Å². The van der Waals surface area contributed by atoms with E-state index in [0.29, 0.717) is 18.7 Å². The van der Waals surface area contributed by atoms with Crippen LogP contribution in [0, 0.1) is 10.1 Å². The fraction of sp³-hybridized carbons (Fsp3) is 0.400. The lowest BCUT2D eigenvalue weighted by atomic mass is 9.86. The Morgan fingerprint density at radius 3 is 2.50 bits per heavy atom. The van der Waals surface area contributed by atoms with E-state index >= 15 is 0 Å². The molecule has 1 aliphatic heterocycles. The third-order valence-electron chi connectivity index (χ3n) is 6.65. The van der Waals surface area contributed by atoms with Crippen molar-refractivity contribution >= 4 is 22.5 Å². The number of carbonyl (C=O) groups excluding carboxylic acids is 1. The number of nitro groups is 1. The number of para-hydroxylation sites is 2. The maximum absolute atomic E-state index is 13.3. The molecule has 1 N–H and O–H groups in total.